The zero-order valence-electron chi connectivity index (χ0n) is 10.9. The van der Waals surface area contributed by atoms with Crippen LogP contribution in [0.15, 0.2) is 12.4 Å². The van der Waals surface area contributed by atoms with Crippen LogP contribution in [0.3, 0.4) is 0 Å². The molecule has 1 atom stereocenters. The van der Waals surface area contributed by atoms with Gasteiger partial charge in [0.2, 0.25) is 5.88 Å². The number of methoxy groups -OCH3 is 1. The highest BCUT2D eigenvalue weighted by molar-refractivity contribution is 5.20. The van der Waals surface area contributed by atoms with E-state index >= 15 is 0 Å². The van der Waals surface area contributed by atoms with E-state index in [9.17, 15) is 0 Å². The van der Waals surface area contributed by atoms with Gasteiger partial charge in [0.05, 0.1) is 13.2 Å². The van der Waals surface area contributed by atoms with Crippen molar-refractivity contribution in [2.24, 2.45) is 5.73 Å². The standard InChI is InChI=1S/C12H22N4O/c1-4-16(5-2)9-6-10(13)11-12(17-3)15-8-7-14-11/h7-8,10H,4-6,9,13H2,1-3H3. The molecule has 0 saturated heterocycles. The van der Waals surface area contributed by atoms with Crippen LogP contribution in [0.4, 0.5) is 0 Å². The normalized spacial score (nSPS) is 12.8. The fourth-order valence-electron chi connectivity index (χ4n) is 1.75. The van der Waals surface area contributed by atoms with Gasteiger partial charge in [0.15, 0.2) is 0 Å². The Morgan fingerprint density at radius 3 is 2.53 bits per heavy atom. The number of rotatable bonds is 7. The molecule has 0 amide bonds. The van der Waals surface area contributed by atoms with E-state index in [1.807, 2.05) is 0 Å². The molecule has 2 N–H and O–H groups in total. The van der Waals surface area contributed by atoms with Crippen LogP contribution < -0.4 is 10.5 Å². The molecule has 17 heavy (non-hydrogen) atoms. The average Bonchev–Trinajstić information content (AvgIpc) is 2.39. The number of aromatic nitrogens is 2. The van der Waals surface area contributed by atoms with Crippen molar-refractivity contribution >= 4 is 0 Å². The van der Waals surface area contributed by atoms with Gasteiger partial charge in [0.1, 0.15) is 5.69 Å². The first-order valence-electron chi connectivity index (χ1n) is 6.05. The number of hydrogen-bond acceptors (Lipinski definition) is 5. The maximum absolute atomic E-state index is 6.12. The van der Waals surface area contributed by atoms with Gasteiger partial charge in [0, 0.05) is 12.4 Å². The molecule has 1 unspecified atom stereocenters. The van der Waals surface area contributed by atoms with Crippen molar-refractivity contribution in [3.8, 4) is 5.88 Å². The Hall–Kier alpha value is -1.20. The number of nitrogens with zero attached hydrogens (tertiary/aromatic N) is 3. The van der Waals surface area contributed by atoms with E-state index in [1.165, 1.54) is 0 Å². The number of ether oxygens (including phenoxy) is 1. The third-order valence-corrected chi connectivity index (χ3v) is 2.89. The summed E-state index contributed by atoms with van der Waals surface area (Å²) < 4.78 is 5.16. The van der Waals surface area contributed by atoms with Gasteiger partial charge >= 0.3 is 0 Å². The fourth-order valence-corrected chi connectivity index (χ4v) is 1.75. The Morgan fingerprint density at radius 1 is 1.29 bits per heavy atom. The average molecular weight is 238 g/mol. The molecule has 0 aliphatic heterocycles. The molecule has 5 nitrogen and oxygen atoms in total. The molecule has 0 aliphatic carbocycles. The van der Waals surface area contributed by atoms with Crippen molar-refractivity contribution in [3.63, 3.8) is 0 Å². The van der Waals surface area contributed by atoms with Crippen LogP contribution in [-0.4, -0.2) is 41.6 Å². The molecule has 0 aromatic carbocycles. The van der Waals surface area contributed by atoms with Crippen LogP contribution in [0.1, 0.15) is 32.0 Å². The monoisotopic (exact) mass is 238 g/mol. The molecule has 1 aromatic rings. The predicted octanol–water partition coefficient (Wildman–Crippen LogP) is 1.22. The summed E-state index contributed by atoms with van der Waals surface area (Å²) in [6, 6.07) is -0.126. The summed E-state index contributed by atoms with van der Waals surface area (Å²) in [5, 5.41) is 0. The highest BCUT2D eigenvalue weighted by Gasteiger charge is 2.15. The van der Waals surface area contributed by atoms with Gasteiger partial charge in [-0.25, -0.2) is 4.98 Å². The Balaban J connectivity index is 2.60. The first-order chi connectivity index (χ1) is 8.22. The van der Waals surface area contributed by atoms with E-state index < -0.39 is 0 Å². The van der Waals surface area contributed by atoms with Crippen molar-refractivity contribution in [2.45, 2.75) is 26.3 Å². The van der Waals surface area contributed by atoms with E-state index in [0.29, 0.717) is 5.88 Å². The largest absolute Gasteiger partial charge is 0.480 e. The summed E-state index contributed by atoms with van der Waals surface area (Å²) in [6.45, 7) is 7.35. The zero-order valence-corrected chi connectivity index (χ0v) is 10.9. The summed E-state index contributed by atoms with van der Waals surface area (Å²) in [7, 11) is 1.59. The van der Waals surface area contributed by atoms with Gasteiger partial charge in [-0.1, -0.05) is 13.8 Å². The van der Waals surface area contributed by atoms with Crippen LogP contribution in [-0.2, 0) is 0 Å². The van der Waals surface area contributed by atoms with Crippen molar-refractivity contribution in [1.29, 1.82) is 0 Å². The molecule has 0 spiro atoms. The first-order valence-corrected chi connectivity index (χ1v) is 6.05. The maximum Gasteiger partial charge on any atom is 0.236 e. The van der Waals surface area contributed by atoms with Crippen molar-refractivity contribution in [2.75, 3.05) is 26.7 Å². The smallest absolute Gasteiger partial charge is 0.236 e. The highest BCUT2D eigenvalue weighted by Crippen LogP contribution is 2.20. The third-order valence-electron chi connectivity index (χ3n) is 2.89. The molecular weight excluding hydrogens is 216 g/mol. The van der Waals surface area contributed by atoms with Crippen LogP contribution >= 0.6 is 0 Å². The molecule has 1 rings (SSSR count). The minimum Gasteiger partial charge on any atom is -0.480 e. The second-order valence-electron chi connectivity index (χ2n) is 3.87. The van der Waals surface area contributed by atoms with Crippen LogP contribution in [0, 0.1) is 0 Å². The van der Waals surface area contributed by atoms with Crippen LogP contribution in [0.25, 0.3) is 0 Å². The van der Waals surface area contributed by atoms with Crippen LogP contribution in [0.5, 0.6) is 5.88 Å². The summed E-state index contributed by atoms with van der Waals surface area (Å²) in [5.74, 6) is 0.527. The van der Waals surface area contributed by atoms with Crippen molar-refractivity contribution in [3.05, 3.63) is 18.1 Å². The van der Waals surface area contributed by atoms with Gasteiger partial charge in [-0.2, -0.15) is 0 Å². The van der Waals surface area contributed by atoms with E-state index in [-0.39, 0.29) is 6.04 Å². The van der Waals surface area contributed by atoms with Gasteiger partial charge in [-0.3, -0.25) is 4.98 Å². The molecular formula is C12H22N4O. The summed E-state index contributed by atoms with van der Waals surface area (Å²) in [6.07, 6.45) is 4.12. The molecule has 0 radical (unpaired) electrons. The fraction of sp³-hybridized carbons (Fsp3) is 0.667. The minimum atomic E-state index is -0.126. The molecule has 0 aliphatic rings. The predicted molar refractivity (Wildman–Crippen MR) is 67.9 cm³/mol. The van der Waals surface area contributed by atoms with Gasteiger partial charge in [0.25, 0.3) is 0 Å². The van der Waals surface area contributed by atoms with E-state index in [1.54, 1.807) is 19.5 Å². The Bertz CT molecular complexity index is 328. The van der Waals surface area contributed by atoms with E-state index in [0.717, 1.165) is 31.7 Å². The Morgan fingerprint density at radius 2 is 1.94 bits per heavy atom. The molecule has 0 fully saturated rings. The SMILES string of the molecule is CCN(CC)CCC(N)c1nccnc1OC. The van der Waals surface area contributed by atoms with Gasteiger partial charge in [-0.15, -0.1) is 0 Å². The lowest BCUT2D eigenvalue weighted by Gasteiger charge is -2.20. The molecule has 5 heteroatoms. The van der Waals surface area contributed by atoms with E-state index in [2.05, 4.69) is 28.7 Å². The lowest BCUT2D eigenvalue weighted by atomic mass is 10.1. The summed E-state index contributed by atoms with van der Waals surface area (Å²) in [4.78, 5) is 10.7. The topological polar surface area (TPSA) is 64.3 Å². The second kappa shape index (κ2) is 7.19. The lowest BCUT2D eigenvalue weighted by molar-refractivity contribution is 0.288. The minimum absolute atomic E-state index is 0.126. The second-order valence-corrected chi connectivity index (χ2v) is 3.87. The molecule has 96 valence electrons. The third kappa shape index (κ3) is 3.94. The summed E-state index contributed by atoms with van der Waals surface area (Å²) >= 11 is 0. The van der Waals surface area contributed by atoms with Gasteiger partial charge < -0.3 is 15.4 Å². The van der Waals surface area contributed by atoms with Crippen molar-refractivity contribution in [1.82, 2.24) is 14.9 Å². The van der Waals surface area contributed by atoms with E-state index in [4.69, 9.17) is 10.5 Å². The van der Waals surface area contributed by atoms with Gasteiger partial charge in [-0.05, 0) is 26.1 Å². The first kappa shape index (κ1) is 13.9. The molecule has 0 bridgehead atoms. The quantitative estimate of drug-likeness (QED) is 0.773. The maximum atomic E-state index is 6.12. The Kier molecular flexibility index (Phi) is 5.86. The zero-order chi connectivity index (χ0) is 12.7. The highest BCUT2D eigenvalue weighted by atomic mass is 16.5. The van der Waals surface area contributed by atoms with Crippen LogP contribution in [0.2, 0.25) is 0 Å². The number of hydrogen-bond donors (Lipinski definition) is 1. The lowest BCUT2D eigenvalue weighted by Crippen LogP contribution is -2.27. The molecule has 1 aromatic heterocycles. The number of nitrogens with two attached hydrogens (primary N) is 1. The Labute approximate surface area is 103 Å². The summed E-state index contributed by atoms with van der Waals surface area (Å²) in [5.41, 5.74) is 6.86. The molecule has 1 heterocycles. The van der Waals surface area contributed by atoms with Crippen molar-refractivity contribution < 1.29 is 4.74 Å². The molecule has 0 saturated carbocycles.